The van der Waals surface area contributed by atoms with Gasteiger partial charge in [-0.15, -0.1) is 0 Å². The predicted octanol–water partition coefficient (Wildman–Crippen LogP) is 3.37. The summed E-state index contributed by atoms with van der Waals surface area (Å²) in [7, 11) is 0. The number of benzene rings is 1. The van der Waals surface area contributed by atoms with Gasteiger partial charge in [0.25, 0.3) is 17.7 Å². The van der Waals surface area contributed by atoms with Crippen molar-refractivity contribution in [3.8, 4) is 5.75 Å². The summed E-state index contributed by atoms with van der Waals surface area (Å²) in [6.45, 7) is 10.2. The summed E-state index contributed by atoms with van der Waals surface area (Å²) in [5.74, 6) is -0.870. The Morgan fingerprint density at radius 3 is 2.03 bits per heavy atom. The van der Waals surface area contributed by atoms with E-state index in [0.29, 0.717) is 5.75 Å². The molecule has 0 unspecified atom stereocenters. The van der Waals surface area contributed by atoms with E-state index in [9.17, 15) is 14.4 Å². The van der Waals surface area contributed by atoms with E-state index < -0.39 is 5.91 Å². The van der Waals surface area contributed by atoms with E-state index in [1.54, 1.807) is 0 Å². The van der Waals surface area contributed by atoms with Gasteiger partial charge < -0.3 is 4.74 Å². The molecule has 1 aliphatic heterocycles. The van der Waals surface area contributed by atoms with Crippen LogP contribution in [0.4, 0.5) is 0 Å². The molecule has 1 aromatic carbocycles. The van der Waals surface area contributed by atoms with Crippen LogP contribution in [0.2, 0.25) is 0 Å². The molecule has 2 bridgehead atoms. The highest BCUT2D eigenvalue weighted by atomic mass is 16.5. The monoisotopic (exact) mass is 410 g/mol. The van der Waals surface area contributed by atoms with E-state index in [0.717, 1.165) is 17.9 Å². The number of hydrogen-bond donors (Lipinski definition) is 1. The minimum Gasteiger partial charge on any atom is -0.484 e. The van der Waals surface area contributed by atoms with Gasteiger partial charge in [0.1, 0.15) is 5.75 Å². The maximum absolute atomic E-state index is 12.9. The van der Waals surface area contributed by atoms with Gasteiger partial charge in [-0.05, 0) is 61.6 Å². The number of imide groups is 1. The number of carbonyl (C=O) groups excluding carboxylic acids is 3. The van der Waals surface area contributed by atoms with Crippen LogP contribution < -0.4 is 10.2 Å². The average molecular weight is 411 g/mol. The number of hydrazine groups is 1. The van der Waals surface area contributed by atoms with Crippen molar-refractivity contribution in [1.82, 2.24) is 10.4 Å². The van der Waals surface area contributed by atoms with Crippen LogP contribution in [0.25, 0.3) is 0 Å². The summed E-state index contributed by atoms with van der Waals surface area (Å²) < 4.78 is 5.54. The first-order chi connectivity index (χ1) is 14.1. The van der Waals surface area contributed by atoms with Gasteiger partial charge in [-0.3, -0.25) is 19.8 Å². The summed E-state index contributed by atoms with van der Waals surface area (Å²) in [6, 6.07) is 7.59. The van der Waals surface area contributed by atoms with Crippen molar-refractivity contribution in [2.24, 2.45) is 23.7 Å². The lowest BCUT2D eigenvalue weighted by Crippen LogP contribution is -2.49. The van der Waals surface area contributed by atoms with Crippen molar-refractivity contribution < 1.29 is 19.1 Å². The van der Waals surface area contributed by atoms with Crippen molar-refractivity contribution in [1.29, 1.82) is 0 Å². The van der Waals surface area contributed by atoms with Crippen LogP contribution >= 0.6 is 0 Å². The maximum Gasteiger partial charge on any atom is 0.276 e. The smallest absolute Gasteiger partial charge is 0.276 e. The molecular weight excluding hydrogens is 380 g/mol. The van der Waals surface area contributed by atoms with Crippen molar-refractivity contribution in [3.05, 3.63) is 41.0 Å². The number of fused-ring (bicyclic) bond motifs is 5. The van der Waals surface area contributed by atoms with Gasteiger partial charge in [0.15, 0.2) is 6.61 Å². The van der Waals surface area contributed by atoms with Crippen molar-refractivity contribution >= 4 is 17.7 Å². The largest absolute Gasteiger partial charge is 0.484 e. The third-order valence-corrected chi connectivity index (χ3v) is 6.76. The molecule has 0 aromatic heterocycles. The SMILES string of the molecule is CC(C)=C1[C@H]2CC[C@@H]1[C@H]1C(=O)N(NC(=O)COc3ccc(C(C)(C)C)cc3)C(=O)[C@@H]12. The highest BCUT2D eigenvalue weighted by molar-refractivity contribution is 6.07. The Balaban J connectivity index is 1.38. The minimum absolute atomic E-state index is 0.0369. The van der Waals surface area contributed by atoms with Crippen molar-refractivity contribution in [3.63, 3.8) is 0 Å². The van der Waals surface area contributed by atoms with Gasteiger partial charge in [0, 0.05) is 0 Å². The zero-order valence-corrected chi connectivity index (χ0v) is 18.3. The second kappa shape index (κ2) is 7.25. The molecule has 1 N–H and O–H groups in total. The van der Waals surface area contributed by atoms with Crippen LogP contribution in [-0.4, -0.2) is 29.3 Å². The maximum atomic E-state index is 12.9. The van der Waals surface area contributed by atoms with E-state index in [1.165, 1.54) is 16.7 Å². The Bertz CT molecular complexity index is 890. The molecule has 160 valence electrons. The molecule has 0 radical (unpaired) electrons. The van der Waals surface area contributed by atoms with E-state index in [-0.39, 0.29) is 47.5 Å². The molecule has 3 aliphatic rings. The lowest BCUT2D eigenvalue weighted by Gasteiger charge is -2.20. The van der Waals surface area contributed by atoms with E-state index in [4.69, 9.17) is 4.74 Å². The molecule has 0 spiro atoms. The molecular formula is C24H30N2O4. The topological polar surface area (TPSA) is 75.7 Å². The number of ether oxygens (including phenoxy) is 1. The van der Waals surface area contributed by atoms with Gasteiger partial charge >= 0.3 is 0 Å². The highest BCUT2D eigenvalue weighted by Gasteiger charge is 2.63. The first kappa shape index (κ1) is 20.6. The molecule has 1 heterocycles. The van der Waals surface area contributed by atoms with Crippen LogP contribution in [0.1, 0.15) is 53.0 Å². The van der Waals surface area contributed by atoms with Crippen LogP contribution in [-0.2, 0) is 19.8 Å². The number of rotatable bonds is 4. The molecule has 3 amide bonds. The van der Waals surface area contributed by atoms with Gasteiger partial charge in [-0.1, -0.05) is 44.1 Å². The highest BCUT2D eigenvalue weighted by Crippen LogP contribution is 2.59. The van der Waals surface area contributed by atoms with E-state index in [1.807, 2.05) is 24.3 Å². The van der Waals surface area contributed by atoms with Crippen LogP contribution in [0.15, 0.2) is 35.4 Å². The Morgan fingerprint density at radius 1 is 1.03 bits per heavy atom. The molecule has 3 fully saturated rings. The first-order valence-electron chi connectivity index (χ1n) is 10.7. The predicted molar refractivity (Wildman–Crippen MR) is 112 cm³/mol. The summed E-state index contributed by atoms with van der Waals surface area (Å²) >= 11 is 0. The van der Waals surface area contributed by atoms with Gasteiger partial charge in [0.2, 0.25) is 0 Å². The lowest BCUT2D eigenvalue weighted by atomic mass is 9.81. The lowest BCUT2D eigenvalue weighted by molar-refractivity contribution is -0.150. The Morgan fingerprint density at radius 2 is 1.57 bits per heavy atom. The fourth-order valence-corrected chi connectivity index (χ4v) is 5.46. The standard InChI is InChI=1S/C24H30N2O4/c1-13(2)19-16-10-11-17(19)21-20(16)22(28)26(23(21)29)25-18(27)12-30-15-8-6-14(7-9-15)24(3,4)5/h6-9,16-17,20-21H,10-12H2,1-5H3,(H,25,27)/t16-,17+,20-,21-/m1/s1. The Labute approximate surface area is 177 Å². The molecule has 2 aliphatic carbocycles. The first-order valence-corrected chi connectivity index (χ1v) is 10.7. The number of amides is 3. The van der Waals surface area contributed by atoms with E-state index in [2.05, 4.69) is 40.0 Å². The average Bonchev–Trinajstić information content (AvgIpc) is 3.32. The fourth-order valence-electron chi connectivity index (χ4n) is 5.46. The number of nitrogens with zero attached hydrogens (tertiary/aromatic N) is 1. The molecule has 4 rings (SSSR count). The zero-order chi connectivity index (χ0) is 21.8. The number of allylic oxidation sites excluding steroid dienone is 2. The normalized spacial score (nSPS) is 27.5. The summed E-state index contributed by atoms with van der Waals surface area (Å²) in [6.07, 6.45) is 1.89. The molecule has 1 saturated heterocycles. The molecule has 1 aromatic rings. The van der Waals surface area contributed by atoms with Gasteiger partial charge in [0.05, 0.1) is 11.8 Å². The van der Waals surface area contributed by atoms with Gasteiger partial charge in [-0.25, -0.2) is 0 Å². The molecule has 4 atom stereocenters. The zero-order valence-electron chi connectivity index (χ0n) is 18.3. The van der Waals surface area contributed by atoms with Crippen molar-refractivity contribution in [2.75, 3.05) is 6.61 Å². The Hall–Kier alpha value is -2.63. The summed E-state index contributed by atoms with van der Waals surface area (Å²) in [5, 5.41) is 0.941. The second-order valence-electron chi connectivity index (χ2n) is 9.91. The third kappa shape index (κ3) is 3.32. The van der Waals surface area contributed by atoms with E-state index >= 15 is 0 Å². The minimum atomic E-state index is -0.508. The van der Waals surface area contributed by atoms with Gasteiger partial charge in [-0.2, -0.15) is 5.01 Å². The fraction of sp³-hybridized carbons (Fsp3) is 0.542. The quantitative estimate of drug-likeness (QED) is 0.610. The molecule has 2 saturated carbocycles. The molecule has 30 heavy (non-hydrogen) atoms. The number of hydrogen-bond acceptors (Lipinski definition) is 4. The molecule has 6 nitrogen and oxygen atoms in total. The van der Waals surface area contributed by atoms with Crippen LogP contribution in [0.5, 0.6) is 5.75 Å². The number of nitrogens with one attached hydrogen (secondary N) is 1. The number of carbonyl (C=O) groups is 3. The second-order valence-corrected chi connectivity index (χ2v) is 9.91. The van der Waals surface area contributed by atoms with Crippen LogP contribution in [0.3, 0.4) is 0 Å². The third-order valence-electron chi connectivity index (χ3n) is 6.76. The Kier molecular flexibility index (Phi) is 4.99. The summed E-state index contributed by atoms with van der Waals surface area (Å²) in [5.41, 5.74) is 6.20. The van der Waals surface area contributed by atoms with Crippen molar-refractivity contribution in [2.45, 2.75) is 52.9 Å². The van der Waals surface area contributed by atoms with Crippen LogP contribution in [0, 0.1) is 23.7 Å². The molecule has 6 heteroatoms. The summed E-state index contributed by atoms with van der Waals surface area (Å²) in [4.78, 5) is 38.2.